The first-order valence-electron chi connectivity index (χ1n) is 4.57. The van der Waals surface area contributed by atoms with E-state index >= 15 is 0 Å². The number of ether oxygens (including phenoxy) is 1. The SMILES string of the molecule is CC(O)(O)OC(C)(O)O.Oc1ccc(O)cc1. The summed E-state index contributed by atoms with van der Waals surface area (Å²) in [5, 5.41) is 50.8. The molecular formula is C10H16O7. The molecule has 0 aliphatic carbocycles. The fourth-order valence-corrected chi connectivity index (χ4v) is 0.819. The Morgan fingerprint density at radius 3 is 1.12 bits per heavy atom. The number of aromatic hydroxyl groups is 2. The van der Waals surface area contributed by atoms with E-state index in [2.05, 4.69) is 4.74 Å². The standard InChI is InChI=1S/C6H6O2.C4H10O5/c7-5-1-2-6(8)4-3-5;1-3(5,6)9-4(2,7)8/h1-4,7-8H;5-8H,1-2H3. The Morgan fingerprint density at radius 1 is 0.765 bits per heavy atom. The van der Waals surface area contributed by atoms with Crippen LogP contribution in [0.2, 0.25) is 0 Å². The van der Waals surface area contributed by atoms with Crippen molar-refractivity contribution >= 4 is 0 Å². The Balaban J connectivity index is 0.000000302. The molecule has 0 amide bonds. The summed E-state index contributed by atoms with van der Waals surface area (Å²) in [6, 6.07) is 5.70. The quantitative estimate of drug-likeness (QED) is 0.305. The van der Waals surface area contributed by atoms with Gasteiger partial charge >= 0.3 is 0 Å². The molecule has 0 heterocycles. The van der Waals surface area contributed by atoms with Gasteiger partial charge < -0.3 is 30.6 Å². The third kappa shape index (κ3) is 10.9. The number of phenols is 2. The lowest BCUT2D eigenvalue weighted by molar-refractivity contribution is -0.457. The Morgan fingerprint density at radius 2 is 1.00 bits per heavy atom. The van der Waals surface area contributed by atoms with Crippen molar-refractivity contribution in [1.82, 2.24) is 0 Å². The smallest absolute Gasteiger partial charge is 0.279 e. The van der Waals surface area contributed by atoms with Gasteiger partial charge in [0.1, 0.15) is 11.5 Å². The van der Waals surface area contributed by atoms with Crippen LogP contribution in [0.15, 0.2) is 24.3 Å². The van der Waals surface area contributed by atoms with Crippen molar-refractivity contribution in [3.8, 4) is 11.5 Å². The first kappa shape index (κ1) is 15.6. The molecule has 0 bridgehead atoms. The van der Waals surface area contributed by atoms with E-state index < -0.39 is 11.9 Å². The van der Waals surface area contributed by atoms with Crippen LogP contribution < -0.4 is 0 Å². The Hall–Kier alpha value is -1.38. The van der Waals surface area contributed by atoms with E-state index in [1.807, 2.05) is 0 Å². The first-order chi connectivity index (χ1) is 7.49. The number of phenolic OH excluding ortho intramolecular Hbond substituents is 2. The second-order valence-corrected chi connectivity index (χ2v) is 3.49. The molecule has 98 valence electrons. The molecule has 0 spiro atoms. The van der Waals surface area contributed by atoms with Crippen LogP contribution in [0.25, 0.3) is 0 Å². The number of aliphatic hydroxyl groups is 4. The summed E-state index contributed by atoms with van der Waals surface area (Å²) in [5.74, 6) is -4.69. The van der Waals surface area contributed by atoms with E-state index in [9.17, 15) is 0 Å². The zero-order valence-electron chi connectivity index (χ0n) is 9.40. The molecule has 1 aromatic carbocycles. The van der Waals surface area contributed by atoms with Crippen LogP contribution >= 0.6 is 0 Å². The maximum absolute atomic E-state index is 8.65. The molecule has 0 atom stereocenters. The molecule has 6 N–H and O–H groups in total. The molecule has 7 nitrogen and oxygen atoms in total. The van der Waals surface area contributed by atoms with Crippen LogP contribution in [-0.2, 0) is 4.74 Å². The average Bonchev–Trinajstić information content (AvgIpc) is 2.04. The van der Waals surface area contributed by atoms with Gasteiger partial charge in [-0.05, 0) is 24.3 Å². The monoisotopic (exact) mass is 248 g/mol. The maximum atomic E-state index is 8.65. The number of hydrogen-bond acceptors (Lipinski definition) is 7. The summed E-state index contributed by atoms with van der Waals surface area (Å²) < 4.78 is 3.85. The molecule has 7 heteroatoms. The Bertz CT molecular complexity index is 287. The average molecular weight is 248 g/mol. The number of hydrogen-bond donors (Lipinski definition) is 6. The van der Waals surface area contributed by atoms with Gasteiger partial charge in [-0.15, -0.1) is 0 Å². The zero-order chi connectivity index (χ0) is 13.7. The van der Waals surface area contributed by atoms with E-state index in [1.165, 1.54) is 24.3 Å². The third-order valence-electron chi connectivity index (χ3n) is 1.24. The highest BCUT2D eigenvalue weighted by Crippen LogP contribution is 2.13. The van der Waals surface area contributed by atoms with Gasteiger partial charge in [-0.3, -0.25) is 4.74 Å². The lowest BCUT2D eigenvalue weighted by Gasteiger charge is -2.24. The first-order valence-corrected chi connectivity index (χ1v) is 4.57. The normalized spacial score (nSPS) is 11.6. The molecule has 0 radical (unpaired) electrons. The predicted molar refractivity (Wildman–Crippen MR) is 56.5 cm³/mol. The summed E-state index contributed by atoms with van der Waals surface area (Å²) in [5.41, 5.74) is 0. The van der Waals surface area contributed by atoms with Crippen molar-refractivity contribution < 1.29 is 35.4 Å². The minimum Gasteiger partial charge on any atom is -0.508 e. The molecule has 0 aromatic heterocycles. The van der Waals surface area contributed by atoms with Crippen LogP contribution in [-0.4, -0.2) is 42.6 Å². The van der Waals surface area contributed by atoms with Crippen molar-refractivity contribution in [3.63, 3.8) is 0 Å². The molecule has 1 rings (SSSR count). The zero-order valence-corrected chi connectivity index (χ0v) is 9.40. The molecule has 0 saturated heterocycles. The molecule has 0 aliphatic heterocycles. The molecule has 0 fully saturated rings. The molecule has 1 aromatic rings. The second-order valence-electron chi connectivity index (χ2n) is 3.49. The van der Waals surface area contributed by atoms with E-state index in [0.717, 1.165) is 13.8 Å². The van der Waals surface area contributed by atoms with E-state index in [-0.39, 0.29) is 11.5 Å². The fourth-order valence-electron chi connectivity index (χ4n) is 0.819. The van der Waals surface area contributed by atoms with E-state index in [1.54, 1.807) is 0 Å². The lowest BCUT2D eigenvalue weighted by atomic mass is 10.3. The van der Waals surface area contributed by atoms with Crippen LogP contribution in [0.5, 0.6) is 11.5 Å². The minimum atomic E-state index is -2.52. The van der Waals surface area contributed by atoms with Gasteiger partial charge in [0.05, 0.1) is 0 Å². The van der Waals surface area contributed by atoms with Crippen molar-refractivity contribution in [2.24, 2.45) is 0 Å². The van der Waals surface area contributed by atoms with E-state index in [0.29, 0.717) is 0 Å². The molecule has 0 unspecified atom stereocenters. The highest BCUT2D eigenvalue weighted by molar-refractivity contribution is 5.28. The van der Waals surface area contributed by atoms with Crippen molar-refractivity contribution in [1.29, 1.82) is 0 Å². The van der Waals surface area contributed by atoms with Crippen molar-refractivity contribution in [2.45, 2.75) is 25.8 Å². The van der Waals surface area contributed by atoms with Gasteiger partial charge in [-0.1, -0.05) is 0 Å². The van der Waals surface area contributed by atoms with Gasteiger partial charge in [0.25, 0.3) is 11.9 Å². The summed E-state index contributed by atoms with van der Waals surface area (Å²) in [6.45, 7) is 1.72. The minimum absolute atomic E-state index is 0.169. The third-order valence-corrected chi connectivity index (χ3v) is 1.24. The van der Waals surface area contributed by atoms with Crippen molar-refractivity contribution in [3.05, 3.63) is 24.3 Å². The van der Waals surface area contributed by atoms with Gasteiger partial charge in [0.2, 0.25) is 0 Å². The molecule has 0 saturated carbocycles. The molecule has 0 aliphatic rings. The Labute approximate surface area is 97.8 Å². The highest BCUT2D eigenvalue weighted by atomic mass is 16.9. The van der Waals surface area contributed by atoms with Crippen LogP contribution in [0.3, 0.4) is 0 Å². The summed E-state index contributed by atoms with van der Waals surface area (Å²) in [4.78, 5) is 0. The second kappa shape index (κ2) is 5.80. The topological polar surface area (TPSA) is 131 Å². The van der Waals surface area contributed by atoms with Crippen LogP contribution in [0.4, 0.5) is 0 Å². The number of rotatable bonds is 2. The van der Waals surface area contributed by atoms with E-state index in [4.69, 9.17) is 30.6 Å². The fraction of sp³-hybridized carbons (Fsp3) is 0.400. The Kier molecular flexibility index (Phi) is 5.33. The summed E-state index contributed by atoms with van der Waals surface area (Å²) >= 11 is 0. The van der Waals surface area contributed by atoms with Gasteiger partial charge in [0, 0.05) is 13.8 Å². The van der Waals surface area contributed by atoms with Crippen molar-refractivity contribution in [2.75, 3.05) is 0 Å². The highest BCUT2D eigenvalue weighted by Gasteiger charge is 2.28. The maximum Gasteiger partial charge on any atom is 0.279 e. The molecular weight excluding hydrogens is 232 g/mol. The van der Waals surface area contributed by atoms with Crippen LogP contribution in [0, 0.1) is 0 Å². The van der Waals surface area contributed by atoms with Gasteiger partial charge in [-0.2, -0.15) is 0 Å². The van der Waals surface area contributed by atoms with Crippen LogP contribution in [0.1, 0.15) is 13.8 Å². The summed E-state index contributed by atoms with van der Waals surface area (Å²) in [7, 11) is 0. The number of benzene rings is 1. The van der Waals surface area contributed by atoms with Gasteiger partial charge in [0.15, 0.2) is 0 Å². The summed E-state index contributed by atoms with van der Waals surface area (Å²) in [6.07, 6.45) is 0. The molecule has 17 heavy (non-hydrogen) atoms. The van der Waals surface area contributed by atoms with Gasteiger partial charge in [-0.25, -0.2) is 0 Å². The largest absolute Gasteiger partial charge is 0.508 e. The predicted octanol–water partition coefficient (Wildman–Crippen LogP) is -0.583. The lowest BCUT2D eigenvalue weighted by Crippen LogP contribution is -2.40.